The number of hydrogen-bond donors (Lipinski definition) is 1. The Labute approximate surface area is 102 Å². The smallest absolute Gasteiger partial charge is 0.135 e. The fourth-order valence-electron chi connectivity index (χ4n) is 2.24. The molecule has 0 saturated carbocycles. The van der Waals surface area contributed by atoms with Crippen molar-refractivity contribution in [2.24, 2.45) is 11.7 Å². The molecule has 2 N–H and O–H groups in total. The number of aromatic nitrogens is 3. The van der Waals surface area contributed by atoms with Gasteiger partial charge in [-0.3, -0.25) is 0 Å². The molecule has 0 radical (unpaired) electrons. The van der Waals surface area contributed by atoms with Crippen LogP contribution < -0.4 is 5.73 Å². The molecule has 0 saturated heterocycles. The SMILES string of the molecule is COC(C)(C)Cc1nnc2n1CCC(CN)C2. The lowest BCUT2D eigenvalue weighted by Gasteiger charge is -2.25. The van der Waals surface area contributed by atoms with Crippen molar-refractivity contribution < 1.29 is 4.74 Å². The molecule has 0 aliphatic carbocycles. The summed E-state index contributed by atoms with van der Waals surface area (Å²) in [4.78, 5) is 0. The molecule has 5 heteroatoms. The van der Waals surface area contributed by atoms with Gasteiger partial charge in [0.1, 0.15) is 11.6 Å². The molecule has 1 atom stereocenters. The second-order valence-electron chi connectivity index (χ2n) is 5.42. The van der Waals surface area contributed by atoms with Gasteiger partial charge in [0, 0.05) is 26.5 Å². The highest BCUT2D eigenvalue weighted by molar-refractivity contribution is 5.03. The van der Waals surface area contributed by atoms with E-state index in [9.17, 15) is 0 Å². The van der Waals surface area contributed by atoms with Crippen LogP contribution >= 0.6 is 0 Å². The van der Waals surface area contributed by atoms with Crippen LogP contribution in [0.3, 0.4) is 0 Å². The maximum atomic E-state index is 5.71. The van der Waals surface area contributed by atoms with E-state index in [0.29, 0.717) is 5.92 Å². The van der Waals surface area contributed by atoms with Gasteiger partial charge >= 0.3 is 0 Å². The fraction of sp³-hybridized carbons (Fsp3) is 0.833. The molecule has 1 aromatic rings. The molecule has 17 heavy (non-hydrogen) atoms. The zero-order valence-corrected chi connectivity index (χ0v) is 10.9. The number of fused-ring (bicyclic) bond motifs is 1. The zero-order valence-electron chi connectivity index (χ0n) is 10.9. The van der Waals surface area contributed by atoms with Gasteiger partial charge in [0.15, 0.2) is 0 Å². The number of nitrogens with two attached hydrogens (primary N) is 1. The Morgan fingerprint density at radius 2 is 2.24 bits per heavy atom. The second kappa shape index (κ2) is 4.74. The van der Waals surface area contributed by atoms with E-state index in [2.05, 4.69) is 28.6 Å². The van der Waals surface area contributed by atoms with Crippen LogP contribution in [0.5, 0.6) is 0 Å². The van der Waals surface area contributed by atoms with Crippen LogP contribution in [0.1, 0.15) is 31.9 Å². The Morgan fingerprint density at radius 1 is 1.47 bits per heavy atom. The highest BCUT2D eigenvalue weighted by Crippen LogP contribution is 2.22. The Hall–Kier alpha value is -0.940. The highest BCUT2D eigenvalue weighted by Gasteiger charge is 2.26. The first-order valence-corrected chi connectivity index (χ1v) is 6.22. The molecule has 0 amide bonds. The second-order valence-corrected chi connectivity index (χ2v) is 5.42. The third kappa shape index (κ3) is 2.66. The average molecular weight is 238 g/mol. The van der Waals surface area contributed by atoms with E-state index in [-0.39, 0.29) is 5.60 Å². The molecular formula is C12H22N4O. The van der Waals surface area contributed by atoms with E-state index in [4.69, 9.17) is 10.5 Å². The van der Waals surface area contributed by atoms with Crippen molar-refractivity contribution in [1.29, 1.82) is 0 Å². The number of nitrogens with zero attached hydrogens (tertiary/aromatic N) is 3. The first-order chi connectivity index (χ1) is 8.05. The lowest BCUT2D eigenvalue weighted by molar-refractivity contribution is 0.0206. The first-order valence-electron chi connectivity index (χ1n) is 6.22. The summed E-state index contributed by atoms with van der Waals surface area (Å²) in [7, 11) is 1.73. The summed E-state index contributed by atoms with van der Waals surface area (Å²) < 4.78 is 7.67. The van der Waals surface area contributed by atoms with Gasteiger partial charge in [0.25, 0.3) is 0 Å². The van der Waals surface area contributed by atoms with Crippen LogP contribution in [0.25, 0.3) is 0 Å². The molecule has 0 spiro atoms. The maximum absolute atomic E-state index is 5.71. The van der Waals surface area contributed by atoms with Crippen molar-refractivity contribution in [2.45, 2.75) is 45.3 Å². The molecule has 0 fully saturated rings. The van der Waals surface area contributed by atoms with E-state index in [1.165, 1.54) is 0 Å². The quantitative estimate of drug-likeness (QED) is 0.841. The zero-order chi connectivity index (χ0) is 12.5. The number of ether oxygens (including phenoxy) is 1. The van der Waals surface area contributed by atoms with E-state index >= 15 is 0 Å². The fourth-order valence-corrected chi connectivity index (χ4v) is 2.24. The molecule has 1 aliphatic rings. The summed E-state index contributed by atoms with van der Waals surface area (Å²) in [6, 6.07) is 0. The third-order valence-corrected chi connectivity index (χ3v) is 3.61. The van der Waals surface area contributed by atoms with E-state index < -0.39 is 0 Å². The molecule has 96 valence electrons. The molecule has 0 aromatic carbocycles. The number of methoxy groups -OCH3 is 1. The lowest BCUT2D eigenvalue weighted by atomic mass is 9.97. The molecule has 0 bridgehead atoms. The predicted molar refractivity (Wildman–Crippen MR) is 65.7 cm³/mol. The largest absolute Gasteiger partial charge is 0.378 e. The van der Waals surface area contributed by atoms with Gasteiger partial charge in [-0.25, -0.2) is 0 Å². The maximum Gasteiger partial charge on any atom is 0.135 e. The van der Waals surface area contributed by atoms with Crippen LogP contribution in [0, 0.1) is 5.92 Å². The topological polar surface area (TPSA) is 66.0 Å². The summed E-state index contributed by atoms with van der Waals surface area (Å²) in [6.07, 6.45) is 2.88. The van der Waals surface area contributed by atoms with Gasteiger partial charge in [0.2, 0.25) is 0 Å². The molecule has 2 rings (SSSR count). The Bertz CT molecular complexity index is 386. The summed E-state index contributed by atoms with van der Waals surface area (Å²) in [5.74, 6) is 2.67. The number of hydrogen-bond acceptors (Lipinski definition) is 4. The summed E-state index contributed by atoms with van der Waals surface area (Å²) in [5, 5.41) is 8.57. The minimum atomic E-state index is -0.186. The Morgan fingerprint density at radius 3 is 2.88 bits per heavy atom. The van der Waals surface area contributed by atoms with Gasteiger partial charge in [0.05, 0.1) is 5.60 Å². The average Bonchev–Trinajstić information content (AvgIpc) is 2.71. The van der Waals surface area contributed by atoms with Crippen molar-refractivity contribution in [3.05, 3.63) is 11.6 Å². The minimum absolute atomic E-state index is 0.186. The van der Waals surface area contributed by atoms with Gasteiger partial charge in [-0.2, -0.15) is 0 Å². The van der Waals surface area contributed by atoms with Crippen LogP contribution in [0.4, 0.5) is 0 Å². The highest BCUT2D eigenvalue weighted by atomic mass is 16.5. The lowest BCUT2D eigenvalue weighted by Crippen LogP contribution is -2.30. The molecular weight excluding hydrogens is 216 g/mol. The summed E-state index contributed by atoms with van der Waals surface area (Å²) in [5.41, 5.74) is 5.53. The monoisotopic (exact) mass is 238 g/mol. The van der Waals surface area contributed by atoms with Gasteiger partial charge in [-0.15, -0.1) is 10.2 Å². The minimum Gasteiger partial charge on any atom is -0.378 e. The predicted octanol–water partition coefficient (Wildman–Crippen LogP) is 0.767. The Balaban J connectivity index is 2.14. The van der Waals surface area contributed by atoms with Gasteiger partial charge in [-0.1, -0.05) is 0 Å². The van der Waals surface area contributed by atoms with E-state index in [1.54, 1.807) is 7.11 Å². The molecule has 5 nitrogen and oxygen atoms in total. The normalized spacial score (nSPS) is 20.4. The van der Waals surface area contributed by atoms with Crippen LogP contribution in [0.2, 0.25) is 0 Å². The van der Waals surface area contributed by atoms with Gasteiger partial charge < -0.3 is 15.0 Å². The van der Waals surface area contributed by atoms with Crippen molar-refractivity contribution in [3.8, 4) is 0 Å². The third-order valence-electron chi connectivity index (χ3n) is 3.61. The molecule has 1 aromatic heterocycles. The number of rotatable bonds is 4. The van der Waals surface area contributed by atoms with Crippen LogP contribution in [-0.4, -0.2) is 34.0 Å². The summed E-state index contributed by atoms with van der Waals surface area (Å²) >= 11 is 0. The van der Waals surface area contributed by atoms with Crippen molar-refractivity contribution >= 4 is 0 Å². The van der Waals surface area contributed by atoms with Crippen LogP contribution in [0.15, 0.2) is 0 Å². The van der Waals surface area contributed by atoms with Gasteiger partial charge in [-0.05, 0) is 32.7 Å². The first kappa shape index (κ1) is 12.5. The van der Waals surface area contributed by atoms with Crippen molar-refractivity contribution in [1.82, 2.24) is 14.8 Å². The Kier molecular flexibility index (Phi) is 3.49. The van der Waals surface area contributed by atoms with Crippen molar-refractivity contribution in [3.63, 3.8) is 0 Å². The van der Waals surface area contributed by atoms with E-state index in [1.807, 2.05) is 0 Å². The van der Waals surface area contributed by atoms with Crippen molar-refractivity contribution in [2.75, 3.05) is 13.7 Å². The molecule has 2 heterocycles. The summed E-state index contributed by atoms with van der Waals surface area (Å²) in [6.45, 7) is 5.87. The molecule has 1 unspecified atom stereocenters. The standard InChI is InChI=1S/C12H22N4O/c1-12(2,17-3)7-11-15-14-10-6-9(8-13)4-5-16(10)11/h9H,4-8,13H2,1-3H3. The van der Waals surface area contributed by atoms with Crippen LogP contribution in [-0.2, 0) is 24.1 Å². The van der Waals surface area contributed by atoms with E-state index in [0.717, 1.165) is 44.0 Å². The molecule has 1 aliphatic heterocycles.